The second-order valence-electron chi connectivity index (χ2n) is 4.21. The average Bonchev–Trinajstić information content (AvgIpc) is 3.04. The van der Waals surface area contributed by atoms with E-state index in [9.17, 15) is 9.18 Å². The topological polar surface area (TPSA) is 55.1 Å². The van der Waals surface area contributed by atoms with E-state index in [4.69, 9.17) is 5.73 Å². The van der Waals surface area contributed by atoms with Crippen molar-refractivity contribution in [3.63, 3.8) is 0 Å². The van der Waals surface area contributed by atoms with Crippen LogP contribution < -0.4 is 11.1 Å². The van der Waals surface area contributed by atoms with E-state index >= 15 is 0 Å². The molecule has 0 atom stereocenters. The molecule has 1 aliphatic carbocycles. The zero-order chi connectivity index (χ0) is 11.5. The van der Waals surface area contributed by atoms with Gasteiger partial charge in [-0.2, -0.15) is 0 Å². The highest BCUT2D eigenvalue weighted by Gasteiger charge is 2.24. The number of rotatable bonds is 4. The molecule has 3 N–H and O–H groups in total. The number of nitrogens with one attached hydrogen (secondary N) is 1. The lowest BCUT2D eigenvalue weighted by atomic mass is 10.2. The molecule has 1 aliphatic rings. The molecule has 0 bridgehead atoms. The molecule has 4 heteroatoms. The highest BCUT2D eigenvalue weighted by Crippen LogP contribution is 2.32. The smallest absolute Gasteiger partial charge is 0.224 e. The van der Waals surface area contributed by atoms with Crippen LogP contribution in [0.3, 0.4) is 0 Å². The van der Waals surface area contributed by atoms with Crippen molar-refractivity contribution in [2.24, 2.45) is 11.7 Å². The number of carbonyl (C=O) groups is 1. The summed E-state index contributed by atoms with van der Waals surface area (Å²) in [6.07, 6.45) is 2.85. The fourth-order valence-electron chi connectivity index (χ4n) is 1.61. The Morgan fingerprint density at radius 1 is 1.50 bits per heavy atom. The van der Waals surface area contributed by atoms with Crippen molar-refractivity contribution in [1.29, 1.82) is 0 Å². The van der Waals surface area contributed by atoms with Crippen LogP contribution >= 0.6 is 0 Å². The minimum atomic E-state index is -0.331. The molecule has 0 heterocycles. The van der Waals surface area contributed by atoms with Gasteiger partial charge in [-0.25, -0.2) is 4.39 Å². The second kappa shape index (κ2) is 4.61. The quantitative estimate of drug-likeness (QED) is 0.818. The predicted octanol–water partition coefficient (Wildman–Crippen LogP) is 2.02. The molecule has 0 unspecified atom stereocenters. The number of halogens is 1. The molecular formula is C12H15FN2O. The SMILES string of the molecule is NCc1cc(NC(=O)CC2CC2)ccc1F. The van der Waals surface area contributed by atoms with Gasteiger partial charge >= 0.3 is 0 Å². The van der Waals surface area contributed by atoms with E-state index in [1.54, 1.807) is 12.1 Å². The van der Waals surface area contributed by atoms with Crippen LogP contribution in [0.15, 0.2) is 18.2 Å². The van der Waals surface area contributed by atoms with Gasteiger partial charge in [0.25, 0.3) is 0 Å². The highest BCUT2D eigenvalue weighted by molar-refractivity contribution is 5.91. The Morgan fingerprint density at radius 3 is 2.88 bits per heavy atom. The Kier molecular flexibility index (Phi) is 3.19. The summed E-state index contributed by atoms with van der Waals surface area (Å²) < 4.78 is 13.1. The van der Waals surface area contributed by atoms with E-state index in [1.807, 2.05) is 0 Å². The zero-order valence-electron chi connectivity index (χ0n) is 9.00. The maximum absolute atomic E-state index is 13.1. The lowest BCUT2D eigenvalue weighted by Gasteiger charge is -2.07. The van der Waals surface area contributed by atoms with Gasteiger partial charge in [-0.1, -0.05) is 0 Å². The third kappa shape index (κ3) is 2.79. The van der Waals surface area contributed by atoms with Crippen molar-refractivity contribution in [1.82, 2.24) is 0 Å². The van der Waals surface area contributed by atoms with Gasteiger partial charge in [0.1, 0.15) is 5.82 Å². The van der Waals surface area contributed by atoms with Crippen LogP contribution in [0.2, 0.25) is 0 Å². The number of carbonyl (C=O) groups excluding carboxylic acids is 1. The summed E-state index contributed by atoms with van der Waals surface area (Å²) in [5.74, 6) is 0.217. The Bertz CT molecular complexity index is 402. The summed E-state index contributed by atoms with van der Waals surface area (Å²) in [5, 5.41) is 2.75. The van der Waals surface area contributed by atoms with Crippen LogP contribution in [0.25, 0.3) is 0 Å². The normalized spacial score (nSPS) is 14.9. The third-order valence-electron chi connectivity index (χ3n) is 2.72. The largest absolute Gasteiger partial charge is 0.326 e. The van der Waals surface area contributed by atoms with Crippen molar-refractivity contribution >= 4 is 11.6 Å². The summed E-state index contributed by atoms with van der Waals surface area (Å²) >= 11 is 0. The van der Waals surface area contributed by atoms with Crippen LogP contribution in [-0.2, 0) is 11.3 Å². The summed E-state index contributed by atoms with van der Waals surface area (Å²) in [6, 6.07) is 4.47. The standard InChI is InChI=1S/C12H15FN2O/c13-11-4-3-10(6-9(11)7-14)15-12(16)5-8-1-2-8/h3-4,6,8H,1-2,5,7,14H2,(H,15,16). The first kappa shape index (κ1) is 11.1. The molecule has 0 saturated heterocycles. The third-order valence-corrected chi connectivity index (χ3v) is 2.72. The van der Waals surface area contributed by atoms with E-state index < -0.39 is 0 Å². The molecule has 86 valence electrons. The molecular weight excluding hydrogens is 207 g/mol. The van der Waals surface area contributed by atoms with Crippen LogP contribution in [0.5, 0.6) is 0 Å². The number of amides is 1. The molecule has 2 rings (SSSR count). The Labute approximate surface area is 93.8 Å². The van der Waals surface area contributed by atoms with Crippen molar-refractivity contribution in [3.8, 4) is 0 Å². The fourth-order valence-corrected chi connectivity index (χ4v) is 1.61. The van der Waals surface area contributed by atoms with Gasteiger partial charge in [-0.05, 0) is 37.0 Å². The van der Waals surface area contributed by atoms with E-state index in [-0.39, 0.29) is 18.3 Å². The molecule has 1 aromatic rings. The summed E-state index contributed by atoms with van der Waals surface area (Å²) in [7, 11) is 0. The summed E-state index contributed by atoms with van der Waals surface area (Å²) in [5.41, 5.74) is 6.43. The van der Waals surface area contributed by atoms with Gasteiger partial charge in [0.2, 0.25) is 5.91 Å². The number of anilines is 1. The highest BCUT2D eigenvalue weighted by atomic mass is 19.1. The fraction of sp³-hybridized carbons (Fsp3) is 0.417. The van der Waals surface area contributed by atoms with Gasteiger partial charge < -0.3 is 11.1 Å². The molecule has 16 heavy (non-hydrogen) atoms. The molecule has 1 amide bonds. The maximum atomic E-state index is 13.1. The molecule has 0 spiro atoms. The Balaban J connectivity index is 1.99. The number of hydrogen-bond donors (Lipinski definition) is 2. The van der Waals surface area contributed by atoms with Gasteiger partial charge in [0.15, 0.2) is 0 Å². The summed E-state index contributed by atoms with van der Waals surface area (Å²) in [4.78, 5) is 11.5. The van der Waals surface area contributed by atoms with Crippen LogP contribution in [0.4, 0.5) is 10.1 Å². The summed E-state index contributed by atoms with van der Waals surface area (Å²) in [6.45, 7) is 0.137. The molecule has 1 saturated carbocycles. The number of hydrogen-bond acceptors (Lipinski definition) is 2. The first-order valence-electron chi connectivity index (χ1n) is 5.47. The van der Waals surface area contributed by atoms with Crippen molar-refractivity contribution in [3.05, 3.63) is 29.6 Å². The van der Waals surface area contributed by atoms with Crippen molar-refractivity contribution in [2.75, 3.05) is 5.32 Å². The lowest BCUT2D eigenvalue weighted by Crippen LogP contribution is -2.12. The van der Waals surface area contributed by atoms with Gasteiger partial charge in [-0.3, -0.25) is 4.79 Å². The van der Waals surface area contributed by atoms with Gasteiger partial charge in [0.05, 0.1) is 0 Å². The maximum Gasteiger partial charge on any atom is 0.224 e. The Hall–Kier alpha value is -1.42. The van der Waals surface area contributed by atoms with Crippen molar-refractivity contribution in [2.45, 2.75) is 25.8 Å². The van der Waals surface area contributed by atoms with Crippen molar-refractivity contribution < 1.29 is 9.18 Å². The number of nitrogens with two attached hydrogens (primary N) is 1. The van der Waals surface area contributed by atoms with Gasteiger partial charge in [-0.15, -0.1) is 0 Å². The Morgan fingerprint density at radius 2 is 2.25 bits per heavy atom. The predicted molar refractivity (Wildman–Crippen MR) is 60.3 cm³/mol. The minimum absolute atomic E-state index is 0.00270. The van der Waals surface area contributed by atoms with E-state index in [2.05, 4.69) is 5.32 Å². The monoisotopic (exact) mass is 222 g/mol. The molecule has 0 aliphatic heterocycles. The molecule has 0 radical (unpaired) electrons. The average molecular weight is 222 g/mol. The molecule has 0 aromatic heterocycles. The lowest BCUT2D eigenvalue weighted by molar-refractivity contribution is -0.116. The van der Waals surface area contributed by atoms with Crippen LogP contribution in [-0.4, -0.2) is 5.91 Å². The second-order valence-corrected chi connectivity index (χ2v) is 4.21. The first-order valence-corrected chi connectivity index (χ1v) is 5.47. The first-order chi connectivity index (χ1) is 7.69. The van der Waals surface area contributed by atoms with E-state index in [1.165, 1.54) is 6.07 Å². The van der Waals surface area contributed by atoms with Crippen LogP contribution in [0.1, 0.15) is 24.8 Å². The minimum Gasteiger partial charge on any atom is -0.326 e. The zero-order valence-corrected chi connectivity index (χ0v) is 9.00. The molecule has 3 nitrogen and oxygen atoms in total. The molecule has 1 aromatic carbocycles. The van der Waals surface area contributed by atoms with E-state index in [0.29, 0.717) is 23.6 Å². The number of benzene rings is 1. The van der Waals surface area contributed by atoms with E-state index in [0.717, 1.165) is 12.8 Å². The molecule has 1 fully saturated rings. The van der Waals surface area contributed by atoms with Crippen LogP contribution in [0, 0.1) is 11.7 Å². The van der Waals surface area contributed by atoms with Gasteiger partial charge in [0, 0.05) is 24.2 Å².